The first kappa shape index (κ1) is 11.7. The smallest absolute Gasteiger partial charge is 0.153 e. The summed E-state index contributed by atoms with van der Waals surface area (Å²) in [6.07, 6.45) is 0.875. The van der Waals surface area contributed by atoms with Crippen molar-refractivity contribution in [1.29, 1.82) is 0 Å². The van der Waals surface area contributed by atoms with E-state index >= 15 is 0 Å². The number of hydrogen-bond acceptors (Lipinski definition) is 2. The van der Waals surface area contributed by atoms with E-state index < -0.39 is 9.84 Å². The minimum Gasteiger partial charge on any atom is -0.229 e. The lowest BCUT2D eigenvalue weighted by Gasteiger charge is -2.20. The Labute approximate surface area is 81.6 Å². The molecule has 1 fully saturated rings. The molecule has 0 aliphatic carbocycles. The normalized spacial score (nSPS) is 37.6. The second kappa shape index (κ2) is 4.46. The number of sulfone groups is 1. The third-order valence-electron chi connectivity index (χ3n) is 2.31. The predicted octanol–water partition coefficient (Wildman–Crippen LogP) is 2.22. The van der Waals surface area contributed by atoms with Gasteiger partial charge in [0.05, 0.1) is 11.0 Å². The SMILES string of the molecule is CC1C(P(P)PP)CCS1(=O)=O. The van der Waals surface area contributed by atoms with E-state index in [9.17, 15) is 8.42 Å². The highest BCUT2D eigenvalue weighted by Gasteiger charge is 2.38. The van der Waals surface area contributed by atoms with E-state index in [0.717, 1.165) is 14.4 Å². The van der Waals surface area contributed by atoms with Gasteiger partial charge >= 0.3 is 0 Å². The largest absolute Gasteiger partial charge is 0.229 e. The molecule has 0 aromatic carbocycles. The van der Waals surface area contributed by atoms with Gasteiger partial charge in [-0.25, -0.2) is 8.42 Å². The van der Waals surface area contributed by atoms with Gasteiger partial charge in [0.2, 0.25) is 0 Å². The topological polar surface area (TPSA) is 34.1 Å². The van der Waals surface area contributed by atoms with Crippen LogP contribution in [0.15, 0.2) is 0 Å². The summed E-state index contributed by atoms with van der Waals surface area (Å²) < 4.78 is 22.8. The maximum Gasteiger partial charge on any atom is 0.153 e. The Morgan fingerprint density at radius 1 is 1.58 bits per heavy atom. The fourth-order valence-electron chi connectivity index (χ4n) is 1.41. The summed E-state index contributed by atoms with van der Waals surface area (Å²) >= 11 is 0. The summed E-state index contributed by atoms with van der Waals surface area (Å²) in [5.74, 6) is 0.404. The molecule has 0 radical (unpaired) electrons. The highest BCUT2D eigenvalue weighted by molar-refractivity contribution is 8.61. The molecule has 0 aromatic heterocycles. The molecule has 7 heteroatoms. The van der Waals surface area contributed by atoms with Crippen LogP contribution in [0.25, 0.3) is 0 Å². The summed E-state index contributed by atoms with van der Waals surface area (Å²) in [5, 5.41) is -0.103. The van der Waals surface area contributed by atoms with Gasteiger partial charge in [-0.1, -0.05) is 15.3 Å². The summed E-state index contributed by atoms with van der Waals surface area (Å²) in [5.41, 5.74) is 0.422. The van der Waals surface area contributed by atoms with Crippen LogP contribution in [0.1, 0.15) is 13.3 Å². The van der Waals surface area contributed by atoms with E-state index in [1.807, 2.05) is 6.92 Å². The molecule has 0 spiro atoms. The van der Waals surface area contributed by atoms with Crippen LogP contribution in [0.5, 0.6) is 0 Å². The van der Waals surface area contributed by atoms with Gasteiger partial charge in [0, 0.05) is 5.66 Å². The van der Waals surface area contributed by atoms with Gasteiger partial charge in [-0.15, -0.1) is 17.9 Å². The molecule has 0 N–H and O–H groups in total. The van der Waals surface area contributed by atoms with E-state index in [1.54, 1.807) is 0 Å². The standard InChI is InChI=1S/C5H14O2P4S/c1-4-5(11(9)10-8)2-3-12(4,6)7/h4-5,10H,2-3,8-9H2,1H3. The first-order chi connectivity index (χ1) is 5.49. The van der Waals surface area contributed by atoms with Gasteiger partial charge in [-0.05, 0) is 13.3 Å². The highest BCUT2D eigenvalue weighted by Crippen LogP contribution is 2.71. The second-order valence-corrected chi connectivity index (χ2v) is 15.0. The van der Waals surface area contributed by atoms with Crippen molar-refractivity contribution in [2.45, 2.75) is 24.3 Å². The molecule has 0 amide bonds. The van der Waals surface area contributed by atoms with E-state index in [2.05, 4.69) is 17.9 Å². The van der Waals surface area contributed by atoms with E-state index in [4.69, 9.17) is 0 Å². The molecule has 6 atom stereocenters. The molecule has 0 aromatic rings. The van der Waals surface area contributed by atoms with Crippen molar-refractivity contribution in [2.75, 3.05) is 5.75 Å². The van der Waals surface area contributed by atoms with Crippen molar-refractivity contribution in [1.82, 2.24) is 0 Å². The van der Waals surface area contributed by atoms with E-state index in [-0.39, 0.29) is 12.5 Å². The van der Waals surface area contributed by atoms with Gasteiger partial charge in [-0.2, -0.15) is 0 Å². The molecule has 1 rings (SSSR count). The van der Waals surface area contributed by atoms with Crippen molar-refractivity contribution in [3.8, 4) is 0 Å². The minimum atomic E-state index is -2.73. The molecular weight excluding hydrogens is 248 g/mol. The molecular formula is C5H14O2P4S. The molecule has 1 aliphatic heterocycles. The zero-order valence-electron chi connectivity index (χ0n) is 6.90. The van der Waals surface area contributed by atoms with Crippen molar-refractivity contribution in [2.24, 2.45) is 0 Å². The molecule has 1 saturated heterocycles. The average Bonchev–Trinajstić information content (AvgIpc) is 2.27. The van der Waals surface area contributed by atoms with E-state index in [0.29, 0.717) is 11.4 Å². The Bertz CT molecular complexity index is 252. The molecule has 12 heavy (non-hydrogen) atoms. The quantitative estimate of drug-likeness (QED) is 0.715. The lowest BCUT2D eigenvalue weighted by molar-refractivity contribution is 0.594. The van der Waals surface area contributed by atoms with Crippen LogP contribution in [0.4, 0.5) is 0 Å². The minimum absolute atomic E-state index is 0.103. The van der Waals surface area contributed by atoms with Crippen molar-refractivity contribution >= 4 is 43.0 Å². The lowest BCUT2D eigenvalue weighted by atomic mass is 10.3. The third-order valence-corrected chi connectivity index (χ3v) is 16.2. The molecule has 1 aliphatic rings. The summed E-state index contributed by atoms with van der Waals surface area (Å²) in [7, 11) is 3.48. The van der Waals surface area contributed by atoms with Crippen LogP contribution in [-0.2, 0) is 9.84 Å². The van der Waals surface area contributed by atoms with Gasteiger partial charge < -0.3 is 0 Å². The Morgan fingerprint density at radius 2 is 2.17 bits per heavy atom. The van der Waals surface area contributed by atoms with Crippen LogP contribution < -0.4 is 0 Å². The highest BCUT2D eigenvalue weighted by atomic mass is 32.6. The predicted molar refractivity (Wildman–Crippen MR) is 66.3 cm³/mol. The van der Waals surface area contributed by atoms with Crippen molar-refractivity contribution in [3.05, 3.63) is 0 Å². The fourth-order valence-corrected chi connectivity index (χ4v) is 10.4. The van der Waals surface area contributed by atoms with Crippen LogP contribution in [0.3, 0.4) is 0 Å². The molecule has 72 valence electrons. The number of rotatable bonds is 2. The first-order valence-electron chi connectivity index (χ1n) is 3.71. The maximum atomic E-state index is 11.4. The van der Waals surface area contributed by atoms with Gasteiger partial charge in [-0.3, -0.25) is 0 Å². The zero-order chi connectivity index (χ0) is 9.35. The molecule has 0 saturated carbocycles. The summed E-state index contributed by atoms with van der Waals surface area (Å²) in [6.45, 7) is 1.86. The molecule has 6 unspecified atom stereocenters. The molecule has 0 bridgehead atoms. The van der Waals surface area contributed by atoms with Crippen molar-refractivity contribution < 1.29 is 8.42 Å². The van der Waals surface area contributed by atoms with Gasteiger partial charge in [0.25, 0.3) is 0 Å². The fraction of sp³-hybridized carbons (Fsp3) is 1.00. The van der Waals surface area contributed by atoms with Crippen LogP contribution in [0.2, 0.25) is 0 Å². The van der Waals surface area contributed by atoms with Crippen molar-refractivity contribution in [3.63, 3.8) is 0 Å². The monoisotopic (exact) mass is 262 g/mol. The molecule has 2 nitrogen and oxygen atoms in total. The maximum absolute atomic E-state index is 11.4. The first-order valence-corrected chi connectivity index (χ1v) is 12.1. The van der Waals surface area contributed by atoms with Crippen LogP contribution >= 0.6 is 33.1 Å². The Balaban J connectivity index is 2.74. The second-order valence-electron chi connectivity index (χ2n) is 2.96. The third kappa shape index (κ3) is 2.37. The number of hydrogen-bond donors (Lipinski definition) is 0. The Morgan fingerprint density at radius 3 is 2.50 bits per heavy atom. The lowest BCUT2D eigenvalue weighted by Crippen LogP contribution is -2.19. The van der Waals surface area contributed by atoms with Gasteiger partial charge in [0.1, 0.15) is 0 Å². The Hall–Kier alpha value is 1.67. The van der Waals surface area contributed by atoms with Crippen LogP contribution in [-0.4, -0.2) is 25.1 Å². The van der Waals surface area contributed by atoms with Gasteiger partial charge in [0.15, 0.2) is 9.84 Å². The van der Waals surface area contributed by atoms with E-state index in [1.165, 1.54) is 0 Å². The average molecular weight is 262 g/mol. The molecule has 1 heterocycles. The summed E-state index contributed by atoms with van der Waals surface area (Å²) in [4.78, 5) is 0. The zero-order valence-corrected chi connectivity index (χ0v) is 11.9. The van der Waals surface area contributed by atoms with Crippen LogP contribution in [0, 0.1) is 0 Å². The Kier molecular flexibility index (Phi) is 4.36. The summed E-state index contributed by atoms with van der Waals surface area (Å²) in [6, 6.07) is 0.